The molecule has 0 bridgehead atoms. The maximum Gasteiger partial charge on any atom is 0.289 e. The number of amidine groups is 1. The minimum atomic E-state index is -0.426. The van der Waals surface area contributed by atoms with E-state index in [0.717, 1.165) is 34.4 Å². The van der Waals surface area contributed by atoms with Crippen molar-refractivity contribution in [3.63, 3.8) is 0 Å². The first kappa shape index (κ1) is 19.7. The fraction of sp³-hybridized carbons (Fsp3) is 0.0909. The van der Waals surface area contributed by atoms with Gasteiger partial charge in [0.2, 0.25) is 0 Å². The summed E-state index contributed by atoms with van der Waals surface area (Å²) in [6.07, 6.45) is 3.74. The van der Waals surface area contributed by atoms with Gasteiger partial charge < -0.3 is 9.88 Å². The maximum atomic E-state index is 12.0. The molecule has 0 unspecified atom stereocenters. The number of hydrogen-bond acceptors (Lipinski definition) is 5. The summed E-state index contributed by atoms with van der Waals surface area (Å²) in [6.45, 7) is 4.06. The molecule has 0 aliphatic carbocycles. The van der Waals surface area contributed by atoms with E-state index in [2.05, 4.69) is 10.3 Å². The normalized spacial score (nSPS) is 16.3. The lowest BCUT2D eigenvalue weighted by Gasteiger charge is -2.07. The van der Waals surface area contributed by atoms with E-state index in [1.807, 2.05) is 61.0 Å². The van der Waals surface area contributed by atoms with E-state index in [0.29, 0.717) is 10.7 Å². The Bertz CT molecular complexity index is 1210. The predicted octanol–water partition coefficient (Wildman–Crippen LogP) is 5.53. The molecule has 1 saturated heterocycles. The van der Waals surface area contributed by atoms with Crippen LogP contribution < -0.4 is 5.32 Å². The number of non-ortho nitro benzene ring substituents is 1. The van der Waals surface area contributed by atoms with Gasteiger partial charge >= 0.3 is 0 Å². The van der Waals surface area contributed by atoms with E-state index in [1.54, 1.807) is 12.1 Å². The van der Waals surface area contributed by atoms with Gasteiger partial charge in [0.1, 0.15) is 5.84 Å². The smallest absolute Gasteiger partial charge is 0.289 e. The zero-order valence-corrected chi connectivity index (χ0v) is 17.1. The first-order valence-corrected chi connectivity index (χ1v) is 10.0. The first-order chi connectivity index (χ1) is 14.4. The second-order valence-corrected chi connectivity index (χ2v) is 7.84. The third-order valence-electron chi connectivity index (χ3n) is 4.79. The van der Waals surface area contributed by atoms with Gasteiger partial charge in [-0.3, -0.25) is 14.9 Å². The van der Waals surface area contributed by atoms with Crippen LogP contribution in [-0.4, -0.2) is 20.6 Å². The molecule has 0 saturated carbocycles. The number of nitro benzene ring substituents is 1. The molecule has 1 fully saturated rings. The van der Waals surface area contributed by atoms with Gasteiger partial charge in [0, 0.05) is 29.7 Å². The lowest BCUT2D eigenvalue weighted by molar-refractivity contribution is -0.384. The lowest BCUT2D eigenvalue weighted by atomic mass is 10.1. The molecule has 1 aromatic heterocycles. The number of thioether (sulfide) groups is 1. The van der Waals surface area contributed by atoms with Crippen LogP contribution in [0.1, 0.15) is 16.8 Å². The van der Waals surface area contributed by atoms with Gasteiger partial charge in [0.15, 0.2) is 0 Å². The summed E-state index contributed by atoms with van der Waals surface area (Å²) in [5.41, 5.74) is 4.73. The molecule has 150 valence electrons. The van der Waals surface area contributed by atoms with Crippen LogP contribution >= 0.6 is 11.8 Å². The Kier molecular flexibility index (Phi) is 5.24. The Labute approximate surface area is 177 Å². The first-order valence-electron chi connectivity index (χ1n) is 9.20. The number of rotatable bonds is 4. The average molecular weight is 418 g/mol. The highest BCUT2D eigenvalue weighted by atomic mass is 32.2. The van der Waals surface area contributed by atoms with Crippen molar-refractivity contribution in [3.05, 3.63) is 92.6 Å². The van der Waals surface area contributed by atoms with Crippen molar-refractivity contribution < 1.29 is 9.72 Å². The monoisotopic (exact) mass is 418 g/mol. The van der Waals surface area contributed by atoms with Gasteiger partial charge in [0.25, 0.3) is 10.9 Å². The summed E-state index contributed by atoms with van der Waals surface area (Å²) in [5, 5.41) is 13.5. The average Bonchev–Trinajstić information content (AvgIpc) is 3.31. The zero-order chi connectivity index (χ0) is 21.3. The molecule has 7 nitrogen and oxygen atoms in total. The SMILES string of the molecule is Cc1ccc(N=C2NC(=O)S/C2=C\c2cccn2-c2ccc([N+](=O)[O-])cc2)cc1C. The van der Waals surface area contributed by atoms with Crippen LogP contribution in [0.4, 0.5) is 16.2 Å². The van der Waals surface area contributed by atoms with Crippen LogP contribution in [-0.2, 0) is 0 Å². The minimum absolute atomic E-state index is 0.0368. The van der Waals surface area contributed by atoms with Gasteiger partial charge in [-0.25, -0.2) is 4.99 Å². The van der Waals surface area contributed by atoms with Crippen LogP contribution in [0.2, 0.25) is 0 Å². The Morgan fingerprint density at radius 3 is 2.57 bits per heavy atom. The quantitative estimate of drug-likeness (QED) is 0.446. The van der Waals surface area contributed by atoms with Crippen molar-refractivity contribution in [3.8, 4) is 5.69 Å². The van der Waals surface area contributed by atoms with Gasteiger partial charge in [-0.2, -0.15) is 0 Å². The highest BCUT2D eigenvalue weighted by Gasteiger charge is 2.24. The summed E-state index contributed by atoms with van der Waals surface area (Å²) < 4.78 is 1.90. The van der Waals surface area contributed by atoms with E-state index in [-0.39, 0.29) is 10.9 Å². The number of carbonyl (C=O) groups excluding carboxylic acids is 1. The molecule has 2 heterocycles. The fourth-order valence-corrected chi connectivity index (χ4v) is 3.77. The van der Waals surface area contributed by atoms with Crippen molar-refractivity contribution >= 4 is 40.3 Å². The molecule has 30 heavy (non-hydrogen) atoms. The zero-order valence-electron chi connectivity index (χ0n) is 16.3. The minimum Gasteiger partial charge on any atom is -0.317 e. The molecule has 2 aromatic carbocycles. The Morgan fingerprint density at radius 2 is 1.87 bits per heavy atom. The lowest BCUT2D eigenvalue weighted by Crippen LogP contribution is -2.18. The summed E-state index contributed by atoms with van der Waals surface area (Å²) in [5.74, 6) is 0.504. The van der Waals surface area contributed by atoms with Gasteiger partial charge in [-0.1, -0.05) is 6.07 Å². The van der Waals surface area contributed by atoms with E-state index in [9.17, 15) is 14.9 Å². The number of carbonyl (C=O) groups is 1. The number of aromatic nitrogens is 1. The number of aliphatic imine (C=N–C) groups is 1. The standard InChI is InChI=1S/C22H18N4O3S/c1-14-5-6-16(12-15(14)2)23-21-20(30-22(27)24-21)13-19-4-3-11-25(19)17-7-9-18(10-8-17)26(28)29/h3-13H,1-2H3,(H,23,24,27)/b20-13-. The fourth-order valence-electron chi connectivity index (χ4n) is 3.05. The summed E-state index contributed by atoms with van der Waals surface area (Å²) in [6, 6.07) is 16.0. The second kappa shape index (κ2) is 8.00. The molecule has 0 radical (unpaired) electrons. The summed E-state index contributed by atoms with van der Waals surface area (Å²) >= 11 is 1.09. The maximum absolute atomic E-state index is 12.0. The molecule has 1 aliphatic heterocycles. The van der Waals surface area contributed by atoms with Crippen LogP contribution in [0.3, 0.4) is 0 Å². The van der Waals surface area contributed by atoms with Crippen molar-refractivity contribution in [2.24, 2.45) is 4.99 Å². The molecule has 1 aliphatic rings. The van der Waals surface area contributed by atoms with Crippen molar-refractivity contribution in [2.45, 2.75) is 13.8 Å². The van der Waals surface area contributed by atoms with Crippen LogP contribution in [0.25, 0.3) is 11.8 Å². The van der Waals surface area contributed by atoms with Crippen LogP contribution in [0.15, 0.2) is 70.7 Å². The molecule has 1 N–H and O–H groups in total. The molecule has 1 amide bonds. The van der Waals surface area contributed by atoms with Gasteiger partial charge in [0.05, 0.1) is 15.5 Å². The number of nitrogens with one attached hydrogen (secondary N) is 1. The van der Waals surface area contributed by atoms with Gasteiger partial charge in [-0.05, 0) is 79.2 Å². The number of amides is 1. The highest BCUT2D eigenvalue weighted by molar-refractivity contribution is 8.18. The van der Waals surface area contributed by atoms with Crippen molar-refractivity contribution in [1.29, 1.82) is 0 Å². The largest absolute Gasteiger partial charge is 0.317 e. The Balaban J connectivity index is 1.69. The summed E-state index contributed by atoms with van der Waals surface area (Å²) in [4.78, 5) is 27.8. The van der Waals surface area contributed by atoms with E-state index >= 15 is 0 Å². The Morgan fingerprint density at radius 1 is 1.10 bits per heavy atom. The molecule has 3 aromatic rings. The van der Waals surface area contributed by atoms with Crippen molar-refractivity contribution in [2.75, 3.05) is 0 Å². The number of benzene rings is 2. The third kappa shape index (κ3) is 4.04. The number of hydrogen-bond donors (Lipinski definition) is 1. The molecule has 0 atom stereocenters. The van der Waals surface area contributed by atoms with Crippen molar-refractivity contribution in [1.82, 2.24) is 9.88 Å². The number of nitro groups is 1. The Hall–Kier alpha value is -3.65. The molecule has 4 rings (SSSR count). The predicted molar refractivity (Wildman–Crippen MR) is 120 cm³/mol. The van der Waals surface area contributed by atoms with E-state index in [4.69, 9.17) is 0 Å². The third-order valence-corrected chi connectivity index (χ3v) is 5.60. The number of aryl methyl sites for hydroxylation is 2. The molecule has 0 spiro atoms. The molecule has 8 heteroatoms. The summed E-state index contributed by atoms with van der Waals surface area (Å²) in [7, 11) is 0. The van der Waals surface area contributed by atoms with E-state index < -0.39 is 4.92 Å². The topological polar surface area (TPSA) is 89.5 Å². The second-order valence-electron chi connectivity index (χ2n) is 6.83. The van der Waals surface area contributed by atoms with E-state index in [1.165, 1.54) is 17.7 Å². The molecular formula is C22H18N4O3S. The number of nitrogens with zero attached hydrogens (tertiary/aromatic N) is 3. The van der Waals surface area contributed by atoms with Crippen LogP contribution in [0, 0.1) is 24.0 Å². The highest BCUT2D eigenvalue weighted by Crippen LogP contribution is 2.30. The van der Waals surface area contributed by atoms with Gasteiger partial charge in [-0.15, -0.1) is 0 Å². The van der Waals surface area contributed by atoms with Crippen LogP contribution in [0.5, 0.6) is 0 Å². The molecular weight excluding hydrogens is 400 g/mol.